The molecule has 2 N–H and O–H groups in total. The quantitative estimate of drug-likeness (QED) is 0.557. The van der Waals surface area contributed by atoms with Gasteiger partial charge in [-0.2, -0.15) is 0 Å². The lowest BCUT2D eigenvalue weighted by molar-refractivity contribution is 0.262. The van der Waals surface area contributed by atoms with Crippen LogP contribution in [0.5, 0.6) is 0 Å². The molecule has 3 aromatic rings. The molecule has 0 radical (unpaired) electrons. The minimum absolute atomic E-state index is 0.0423. The zero-order valence-corrected chi connectivity index (χ0v) is 20.3. The summed E-state index contributed by atoms with van der Waals surface area (Å²) < 4.78 is 23.5. The van der Waals surface area contributed by atoms with Gasteiger partial charge in [0.05, 0.1) is 11.5 Å². The Labute approximate surface area is 193 Å². The van der Waals surface area contributed by atoms with E-state index >= 15 is 0 Å². The van der Waals surface area contributed by atoms with E-state index in [0.717, 1.165) is 27.0 Å². The lowest BCUT2D eigenvalue weighted by atomic mass is 9.94. The largest absolute Gasteiger partial charge is 0.324 e. The Kier molecular flexibility index (Phi) is 6.29. The van der Waals surface area contributed by atoms with E-state index < -0.39 is 9.84 Å². The standard InChI is InChI=1S/C24H29N3O3S2/c1-24(2,3)21-15-19(16-27-10-12-32(29,30)13-11-27)22(31-21)26-23(28)25-20-9-8-17-6-4-5-7-18(17)14-20/h4-9,14-15H,10-13,16H2,1-3H3,(H2,25,26,28). The molecule has 0 saturated carbocycles. The van der Waals surface area contributed by atoms with E-state index in [1.165, 1.54) is 4.88 Å². The average molecular weight is 472 g/mol. The normalized spacial score (nSPS) is 16.7. The number of urea groups is 1. The number of rotatable bonds is 4. The van der Waals surface area contributed by atoms with Gasteiger partial charge in [0.2, 0.25) is 0 Å². The summed E-state index contributed by atoms with van der Waals surface area (Å²) in [6.45, 7) is 8.10. The van der Waals surface area contributed by atoms with Gasteiger partial charge in [-0.3, -0.25) is 10.2 Å². The van der Waals surface area contributed by atoms with E-state index in [-0.39, 0.29) is 23.0 Å². The number of sulfone groups is 1. The van der Waals surface area contributed by atoms with Crippen molar-refractivity contribution in [3.8, 4) is 0 Å². The maximum atomic E-state index is 12.8. The first-order valence-corrected chi connectivity index (χ1v) is 13.4. The molecule has 1 aromatic heterocycles. The van der Waals surface area contributed by atoms with Crippen molar-refractivity contribution in [2.75, 3.05) is 35.2 Å². The Bertz CT molecular complexity index is 1230. The van der Waals surface area contributed by atoms with Crippen LogP contribution in [0.2, 0.25) is 0 Å². The fourth-order valence-corrected chi connectivity index (χ4v) is 6.11. The van der Waals surface area contributed by atoms with Crippen LogP contribution in [0.4, 0.5) is 15.5 Å². The molecule has 2 aromatic carbocycles. The predicted octanol–water partition coefficient (Wildman–Crippen LogP) is 5.07. The first-order valence-electron chi connectivity index (χ1n) is 10.7. The molecule has 2 amide bonds. The van der Waals surface area contributed by atoms with Crippen molar-refractivity contribution >= 4 is 48.7 Å². The van der Waals surface area contributed by atoms with E-state index in [2.05, 4.69) is 42.4 Å². The number of thiophene rings is 1. The summed E-state index contributed by atoms with van der Waals surface area (Å²) in [4.78, 5) is 16.1. The Morgan fingerprint density at radius 2 is 1.69 bits per heavy atom. The molecule has 32 heavy (non-hydrogen) atoms. The second-order valence-corrected chi connectivity index (χ2v) is 12.6. The number of carbonyl (C=O) groups is 1. The third-order valence-electron chi connectivity index (χ3n) is 5.61. The van der Waals surface area contributed by atoms with E-state index in [4.69, 9.17) is 0 Å². The van der Waals surface area contributed by atoms with Crippen LogP contribution in [-0.2, 0) is 21.8 Å². The van der Waals surface area contributed by atoms with Crippen LogP contribution in [0.1, 0.15) is 31.2 Å². The minimum Gasteiger partial charge on any atom is -0.308 e. The smallest absolute Gasteiger partial charge is 0.308 e. The van der Waals surface area contributed by atoms with Crippen molar-refractivity contribution in [3.05, 3.63) is 59.0 Å². The fourth-order valence-electron chi connectivity index (χ4n) is 3.70. The molecule has 6 nitrogen and oxygen atoms in total. The molecule has 0 atom stereocenters. The molecule has 0 aliphatic carbocycles. The Balaban J connectivity index is 1.50. The van der Waals surface area contributed by atoms with Crippen molar-refractivity contribution in [2.24, 2.45) is 0 Å². The van der Waals surface area contributed by atoms with Gasteiger partial charge in [0.25, 0.3) is 0 Å². The number of fused-ring (bicyclic) bond motifs is 1. The van der Waals surface area contributed by atoms with E-state index in [0.29, 0.717) is 19.6 Å². The molecule has 2 heterocycles. The summed E-state index contributed by atoms with van der Waals surface area (Å²) >= 11 is 1.58. The number of amides is 2. The molecular formula is C24H29N3O3S2. The van der Waals surface area contributed by atoms with Gasteiger partial charge in [-0.1, -0.05) is 51.1 Å². The molecular weight excluding hydrogens is 442 g/mol. The van der Waals surface area contributed by atoms with Crippen LogP contribution in [0.15, 0.2) is 48.5 Å². The molecule has 8 heteroatoms. The summed E-state index contributed by atoms with van der Waals surface area (Å²) in [7, 11) is -2.92. The second kappa shape index (κ2) is 8.84. The van der Waals surface area contributed by atoms with Gasteiger partial charge in [0, 0.05) is 35.8 Å². The van der Waals surface area contributed by atoms with Crippen LogP contribution < -0.4 is 10.6 Å². The summed E-state index contributed by atoms with van der Waals surface area (Å²) in [6, 6.07) is 15.7. The molecule has 0 spiro atoms. The van der Waals surface area contributed by atoms with Crippen LogP contribution in [0.3, 0.4) is 0 Å². The number of nitrogens with zero attached hydrogens (tertiary/aromatic N) is 1. The Hall–Kier alpha value is -2.42. The second-order valence-electron chi connectivity index (χ2n) is 9.28. The molecule has 1 aliphatic rings. The molecule has 0 bridgehead atoms. The summed E-state index contributed by atoms with van der Waals surface area (Å²) in [5.74, 6) is 0.378. The van der Waals surface area contributed by atoms with Gasteiger partial charge < -0.3 is 5.32 Å². The first kappa shape index (κ1) is 22.8. The number of nitrogens with one attached hydrogen (secondary N) is 2. The van der Waals surface area contributed by atoms with Crippen molar-refractivity contribution in [1.29, 1.82) is 0 Å². The van der Waals surface area contributed by atoms with Crippen LogP contribution >= 0.6 is 11.3 Å². The number of benzene rings is 2. The van der Waals surface area contributed by atoms with Crippen LogP contribution in [-0.4, -0.2) is 43.9 Å². The minimum atomic E-state index is -2.92. The van der Waals surface area contributed by atoms with E-state index in [9.17, 15) is 13.2 Å². The lowest BCUT2D eigenvalue weighted by Gasteiger charge is -2.26. The van der Waals surface area contributed by atoms with Gasteiger partial charge in [-0.25, -0.2) is 13.2 Å². The van der Waals surface area contributed by atoms with Crippen molar-refractivity contribution in [1.82, 2.24) is 4.90 Å². The SMILES string of the molecule is CC(C)(C)c1cc(CN2CCS(=O)(=O)CC2)c(NC(=O)Nc2ccc3ccccc3c2)s1. The summed E-state index contributed by atoms with van der Waals surface area (Å²) in [6.07, 6.45) is 0. The van der Waals surface area contributed by atoms with Gasteiger partial charge in [0.1, 0.15) is 5.00 Å². The molecule has 1 aliphatic heterocycles. The number of carbonyl (C=O) groups excluding carboxylic acids is 1. The van der Waals surface area contributed by atoms with Crippen LogP contribution in [0.25, 0.3) is 10.8 Å². The van der Waals surface area contributed by atoms with Crippen molar-refractivity contribution in [2.45, 2.75) is 32.7 Å². The highest BCUT2D eigenvalue weighted by atomic mass is 32.2. The molecule has 170 valence electrons. The van der Waals surface area contributed by atoms with Crippen molar-refractivity contribution < 1.29 is 13.2 Å². The van der Waals surface area contributed by atoms with Gasteiger partial charge >= 0.3 is 6.03 Å². The monoisotopic (exact) mass is 471 g/mol. The highest BCUT2D eigenvalue weighted by molar-refractivity contribution is 7.91. The maximum Gasteiger partial charge on any atom is 0.324 e. The average Bonchev–Trinajstić information content (AvgIpc) is 3.12. The number of anilines is 2. The first-order chi connectivity index (χ1) is 15.1. The molecule has 1 fully saturated rings. The highest BCUT2D eigenvalue weighted by Crippen LogP contribution is 2.37. The van der Waals surface area contributed by atoms with E-state index in [1.54, 1.807) is 11.3 Å². The molecule has 4 rings (SSSR count). The Morgan fingerprint density at radius 3 is 2.38 bits per heavy atom. The van der Waals surface area contributed by atoms with Crippen molar-refractivity contribution in [3.63, 3.8) is 0 Å². The fraction of sp³-hybridized carbons (Fsp3) is 0.375. The summed E-state index contributed by atoms with van der Waals surface area (Å²) in [5, 5.41) is 8.96. The number of hydrogen-bond acceptors (Lipinski definition) is 5. The van der Waals surface area contributed by atoms with Crippen LogP contribution in [0, 0.1) is 0 Å². The topological polar surface area (TPSA) is 78.5 Å². The van der Waals surface area contributed by atoms with Gasteiger partial charge in [0.15, 0.2) is 9.84 Å². The molecule has 0 unspecified atom stereocenters. The summed E-state index contributed by atoms with van der Waals surface area (Å²) in [5.41, 5.74) is 1.71. The Morgan fingerprint density at radius 1 is 1.00 bits per heavy atom. The number of hydrogen-bond donors (Lipinski definition) is 2. The maximum absolute atomic E-state index is 12.8. The zero-order valence-electron chi connectivity index (χ0n) is 18.6. The third-order valence-corrected chi connectivity index (χ3v) is 8.74. The van der Waals surface area contributed by atoms with Gasteiger partial charge in [-0.15, -0.1) is 11.3 Å². The zero-order chi connectivity index (χ0) is 22.9. The third kappa shape index (κ3) is 5.49. The lowest BCUT2D eigenvalue weighted by Crippen LogP contribution is -2.39. The predicted molar refractivity (Wildman–Crippen MR) is 134 cm³/mol. The van der Waals surface area contributed by atoms with E-state index in [1.807, 2.05) is 42.5 Å². The molecule has 1 saturated heterocycles. The highest BCUT2D eigenvalue weighted by Gasteiger charge is 2.25. The van der Waals surface area contributed by atoms with Gasteiger partial charge in [-0.05, 0) is 34.4 Å².